The number of carbonyl (C=O) groups excluding carboxylic acids is 1. The van der Waals surface area contributed by atoms with Crippen LogP contribution in [0.1, 0.15) is 62.7 Å². The first-order valence-corrected chi connectivity index (χ1v) is 12.4. The number of aliphatic carboxylic acids is 1. The Hall–Kier alpha value is -2.34. The van der Waals surface area contributed by atoms with Crippen LogP contribution in [0.2, 0.25) is 0 Å². The van der Waals surface area contributed by atoms with Crippen molar-refractivity contribution in [1.82, 2.24) is 5.32 Å². The molecule has 32 heavy (non-hydrogen) atoms. The van der Waals surface area contributed by atoms with Crippen molar-refractivity contribution in [3.63, 3.8) is 0 Å². The maximum atomic E-state index is 13.4. The molecule has 1 aromatic carbocycles. The topological polar surface area (TPSA) is 75.6 Å². The molecule has 0 unspecified atom stereocenters. The van der Waals surface area contributed by atoms with Crippen molar-refractivity contribution in [3.05, 3.63) is 41.3 Å². The first-order chi connectivity index (χ1) is 15.3. The Bertz CT molecular complexity index is 1020. The first-order valence-electron chi connectivity index (χ1n) is 11.5. The van der Waals surface area contributed by atoms with Gasteiger partial charge in [-0.05, 0) is 73.5 Å². The van der Waals surface area contributed by atoms with Crippen LogP contribution in [0, 0.1) is 23.2 Å². The lowest BCUT2D eigenvalue weighted by atomic mass is 9.44. The largest absolute Gasteiger partial charge is 0.497 e. The van der Waals surface area contributed by atoms with Crippen molar-refractivity contribution < 1.29 is 19.4 Å². The molecule has 2 N–H and O–H groups in total. The normalized spacial score (nSPS) is 26.1. The van der Waals surface area contributed by atoms with E-state index < -0.39 is 5.97 Å². The number of allylic oxidation sites excluding steroid dienone is 2. The van der Waals surface area contributed by atoms with E-state index in [0.29, 0.717) is 18.3 Å². The number of amides is 1. The van der Waals surface area contributed by atoms with Crippen LogP contribution in [-0.4, -0.2) is 30.1 Å². The lowest BCUT2D eigenvalue weighted by molar-refractivity contribution is -0.137. The highest BCUT2D eigenvalue weighted by molar-refractivity contribution is 7.17. The van der Waals surface area contributed by atoms with Gasteiger partial charge in [0.2, 0.25) is 0 Å². The number of hydrogen-bond acceptors (Lipinski definition) is 4. The summed E-state index contributed by atoms with van der Waals surface area (Å²) in [6.45, 7) is 4.68. The molecule has 172 valence electrons. The van der Waals surface area contributed by atoms with Crippen LogP contribution in [0.5, 0.6) is 5.75 Å². The standard InChI is InChI=1S/C26H33NO4S/c1-26(2)17-12-16(8-6-4-5-7-9-23(28)29)24(21(26)13-17)27-25(30)20-15-32-22-11-10-18(31-3)14-19(20)22/h4,6,10-11,14-17,21,24H,5,7-9,12-13H2,1-3H3,(H,27,30)(H,28,29)/b6-4-/t16-,17-,21-,24-/m1/s1. The van der Waals surface area contributed by atoms with Gasteiger partial charge in [0, 0.05) is 27.9 Å². The molecular weight excluding hydrogens is 422 g/mol. The van der Waals surface area contributed by atoms with Crippen molar-refractivity contribution in [1.29, 1.82) is 0 Å². The Labute approximate surface area is 193 Å². The number of carbonyl (C=O) groups is 2. The van der Waals surface area contributed by atoms with E-state index in [-0.39, 0.29) is 23.8 Å². The third-order valence-corrected chi connectivity index (χ3v) is 8.73. The quantitative estimate of drug-likeness (QED) is 0.365. The number of rotatable bonds is 9. The summed E-state index contributed by atoms with van der Waals surface area (Å²) in [6.07, 6.45) is 9.21. The predicted molar refractivity (Wildman–Crippen MR) is 128 cm³/mol. The van der Waals surface area contributed by atoms with Gasteiger partial charge < -0.3 is 15.2 Å². The minimum absolute atomic E-state index is 0.00564. The fraction of sp³-hybridized carbons (Fsp3) is 0.538. The van der Waals surface area contributed by atoms with E-state index >= 15 is 0 Å². The Kier molecular flexibility index (Phi) is 6.61. The third-order valence-electron chi connectivity index (χ3n) is 7.76. The zero-order valence-electron chi connectivity index (χ0n) is 19.1. The van der Waals surface area contributed by atoms with Crippen molar-refractivity contribution in [3.8, 4) is 5.75 Å². The van der Waals surface area contributed by atoms with Crippen LogP contribution in [0.25, 0.3) is 10.1 Å². The Morgan fingerprint density at radius 2 is 2.09 bits per heavy atom. The first kappa shape index (κ1) is 22.8. The maximum absolute atomic E-state index is 13.4. The van der Waals surface area contributed by atoms with E-state index in [1.54, 1.807) is 18.4 Å². The van der Waals surface area contributed by atoms with E-state index in [1.807, 2.05) is 23.6 Å². The highest BCUT2D eigenvalue weighted by atomic mass is 32.1. The fourth-order valence-corrected chi connectivity index (χ4v) is 6.59. The lowest BCUT2D eigenvalue weighted by Gasteiger charge is -2.62. The van der Waals surface area contributed by atoms with Crippen LogP contribution in [0.3, 0.4) is 0 Å². The summed E-state index contributed by atoms with van der Waals surface area (Å²) >= 11 is 1.59. The van der Waals surface area contributed by atoms with Crippen molar-refractivity contribution in [2.24, 2.45) is 23.2 Å². The number of benzene rings is 1. The number of methoxy groups -OCH3 is 1. The van der Waals surface area contributed by atoms with Crippen molar-refractivity contribution in [2.75, 3.05) is 7.11 Å². The molecule has 3 aliphatic carbocycles. The third kappa shape index (κ3) is 4.42. The molecule has 1 heterocycles. The zero-order chi connectivity index (χ0) is 22.9. The number of carboxylic acid groups (broad SMARTS) is 1. The second kappa shape index (κ2) is 9.26. The van der Waals surface area contributed by atoms with Gasteiger partial charge in [0.05, 0.1) is 12.7 Å². The Morgan fingerprint density at radius 1 is 1.28 bits per heavy atom. The number of ether oxygens (including phenoxy) is 1. The summed E-state index contributed by atoms with van der Waals surface area (Å²) in [7, 11) is 1.64. The summed E-state index contributed by atoms with van der Waals surface area (Å²) in [6, 6.07) is 6.04. The van der Waals surface area contributed by atoms with Crippen LogP contribution in [-0.2, 0) is 4.79 Å². The molecule has 3 saturated carbocycles. The van der Waals surface area contributed by atoms with Gasteiger partial charge in [0.1, 0.15) is 5.75 Å². The van der Waals surface area contributed by atoms with Gasteiger partial charge in [-0.3, -0.25) is 9.59 Å². The summed E-state index contributed by atoms with van der Waals surface area (Å²) in [5.74, 6) is 1.66. The van der Waals surface area contributed by atoms with Gasteiger partial charge in [-0.15, -0.1) is 11.3 Å². The molecule has 3 aliphatic rings. The fourth-order valence-electron chi connectivity index (χ4n) is 5.67. The van der Waals surface area contributed by atoms with Crippen LogP contribution >= 0.6 is 11.3 Å². The van der Waals surface area contributed by atoms with Crippen molar-refractivity contribution in [2.45, 2.75) is 58.4 Å². The highest BCUT2D eigenvalue weighted by Gasteiger charge is 2.57. The van der Waals surface area contributed by atoms with E-state index in [0.717, 1.165) is 46.6 Å². The molecule has 2 bridgehead atoms. The number of nitrogens with one attached hydrogen (secondary N) is 1. The minimum Gasteiger partial charge on any atom is -0.497 e. The molecule has 2 aromatic rings. The van der Waals surface area contributed by atoms with E-state index in [4.69, 9.17) is 9.84 Å². The maximum Gasteiger partial charge on any atom is 0.303 e. The SMILES string of the molecule is COc1ccc2scc(C(=O)N[C@@H]3[C@H](C/C=C\CCCC(=O)O)C[C@@H]4C[C@H]3C4(C)C)c2c1. The highest BCUT2D eigenvalue weighted by Crippen LogP contribution is 2.61. The molecule has 4 atom stereocenters. The lowest BCUT2D eigenvalue weighted by Crippen LogP contribution is -2.63. The Balaban J connectivity index is 1.47. The summed E-state index contributed by atoms with van der Waals surface area (Å²) in [4.78, 5) is 24.0. The molecule has 3 fully saturated rings. The monoisotopic (exact) mass is 455 g/mol. The van der Waals surface area contributed by atoms with Gasteiger partial charge in [0.25, 0.3) is 5.91 Å². The van der Waals surface area contributed by atoms with Crippen LogP contribution in [0.4, 0.5) is 0 Å². The number of hydrogen-bond donors (Lipinski definition) is 2. The number of thiophene rings is 1. The average Bonchev–Trinajstić information content (AvgIpc) is 3.19. The number of carboxylic acids is 1. The molecule has 5 rings (SSSR count). The molecule has 1 amide bonds. The van der Waals surface area contributed by atoms with Crippen LogP contribution < -0.4 is 10.1 Å². The average molecular weight is 456 g/mol. The van der Waals surface area contributed by atoms with Gasteiger partial charge in [-0.25, -0.2) is 0 Å². The second-order valence-electron chi connectivity index (χ2n) is 9.86. The molecule has 1 aromatic heterocycles. The Morgan fingerprint density at radius 3 is 2.81 bits per heavy atom. The molecule has 5 nitrogen and oxygen atoms in total. The minimum atomic E-state index is -0.741. The second-order valence-corrected chi connectivity index (χ2v) is 10.8. The van der Waals surface area contributed by atoms with E-state index in [2.05, 4.69) is 31.3 Å². The molecular formula is C26H33NO4S. The van der Waals surface area contributed by atoms with E-state index in [1.165, 1.54) is 6.42 Å². The van der Waals surface area contributed by atoms with Gasteiger partial charge >= 0.3 is 5.97 Å². The molecule has 6 heteroatoms. The number of fused-ring (bicyclic) bond motifs is 3. The summed E-state index contributed by atoms with van der Waals surface area (Å²) in [5.41, 5.74) is 0.991. The van der Waals surface area contributed by atoms with Gasteiger partial charge in [0.15, 0.2) is 0 Å². The van der Waals surface area contributed by atoms with Crippen LogP contribution in [0.15, 0.2) is 35.7 Å². The van der Waals surface area contributed by atoms with Gasteiger partial charge in [-0.1, -0.05) is 26.0 Å². The molecule has 0 saturated heterocycles. The molecule has 0 aliphatic heterocycles. The summed E-state index contributed by atoms with van der Waals surface area (Å²) < 4.78 is 6.45. The van der Waals surface area contributed by atoms with Gasteiger partial charge in [-0.2, -0.15) is 0 Å². The summed E-state index contributed by atoms with van der Waals surface area (Å²) in [5, 5.41) is 15.1. The van der Waals surface area contributed by atoms with E-state index in [9.17, 15) is 9.59 Å². The molecule has 0 radical (unpaired) electrons. The smallest absolute Gasteiger partial charge is 0.303 e. The van der Waals surface area contributed by atoms with Crippen molar-refractivity contribution >= 4 is 33.3 Å². The number of unbranched alkanes of at least 4 members (excludes halogenated alkanes) is 1. The predicted octanol–water partition coefficient (Wildman–Crippen LogP) is 5.89. The zero-order valence-corrected chi connectivity index (χ0v) is 19.9. The molecule has 0 spiro atoms.